The Morgan fingerprint density at radius 1 is 0.298 bits per heavy atom. The first kappa shape index (κ1) is 28.8. The van der Waals surface area contributed by atoms with Crippen LogP contribution in [-0.2, 0) is 0 Å². The molecule has 0 saturated heterocycles. The summed E-state index contributed by atoms with van der Waals surface area (Å²) in [5, 5.41) is 4.88. The van der Waals surface area contributed by atoms with Crippen molar-refractivity contribution in [2.24, 2.45) is 0 Å². The number of benzene rings is 8. The highest BCUT2D eigenvalue weighted by atomic mass is 79.9. The monoisotopic (exact) mass is 666 g/mol. The average molecular weight is 668 g/mol. The van der Waals surface area contributed by atoms with Gasteiger partial charge < -0.3 is 9.80 Å². The van der Waals surface area contributed by atoms with E-state index in [1.165, 1.54) is 32.7 Å². The molecule has 0 bridgehead atoms. The van der Waals surface area contributed by atoms with Gasteiger partial charge in [0.2, 0.25) is 0 Å². The third-order valence-corrected chi connectivity index (χ3v) is 9.23. The smallest absolute Gasteiger partial charge is 0.0540 e. The molecule has 0 aliphatic rings. The predicted molar refractivity (Wildman–Crippen MR) is 204 cm³/mol. The zero-order chi connectivity index (χ0) is 31.6. The van der Waals surface area contributed by atoms with Crippen LogP contribution in [0.4, 0.5) is 34.1 Å². The van der Waals surface area contributed by atoms with Gasteiger partial charge in [0, 0.05) is 38.0 Å². The Balaban J connectivity index is 1.16. The quantitative estimate of drug-likeness (QED) is 0.167. The summed E-state index contributed by atoms with van der Waals surface area (Å²) >= 11 is 3.61. The topological polar surface area (TPSA) is 6.48 Å². The molecule has 2 nitrogen and oxygen atoms in total. The van der Waals surface area contributed by atoms with Crippen LogP contribution in [0.15, 0.2) is 193 Å². The van der Waals surface area contributed by atoms with Gasteiger partial charge in [-0.3, -0.25) is 0 Å². The van der Waals surface area contributed by atoms with E-state index in [-0.39, 0.29) is 0 Å². The number of hydrogen-bond acceptors (Lipinski definition) is 2. The van der Waals surface area contributed by atoms with Crippen molar-refractivity contribution >= 4 is 71.6 Å². The van der Waals surface area contributed by atoms with Crippen LogP contribution in [0.1, 0.15) is 0 Å². The molecule has 8 rings (SSSR count). The van der Waals surface area contributed by atoms with E-state index >= 15 is 0 Å². The van der Waals surface area contributed by atoms with Crippen LogP contribution in [0.25, 0.3) is 32.7 Å². The van der Waals surface area contributed by atoms with Crippen molar-refractivity contribution in [1.82, 2.24) is 0 Å². The van der Waals surface area contributed by atoms with Gasteiger partial charge in [-0.1, -0.05) is 131 Å². The van der Waals surface area contributed by atoms with Gasteiger partial charge in [-0.05, 0) is 94.7 Å². The largest absolute Gasteiger partial charge is 0.310 e. The first-order valence-corrected chi connectivity index (χ1v) is 16.6. The summed E-state index contributed by atoms with van der Waals surface area (Å²) in [6, 6.07) is 67.1. The van der Waals surface area contributed by atoms with Crippen molar-refractivity contribution in [2.75, 3.05) is 9.80 Å². The lowest BCUT2D eigenvalue weighted by Gasteiger charge is -2.27. The molecule has 0 fully saturated rings. The zero-order valence-corrected chi connectivity index (χ0v) is 27.3. The first-order valence-electron chi connectivity index (χ1n) is 15.8. The van der Waals surface area contributed by atoms with E-state index in [1.807, 2.05) is 0 Å². The van der Waals surface area contributed by atoms with Crippen molar-refractivity contribution in [3.8, 4) is 11.1 Å². The molecule has 0 aliphatic carbocycles. The van der Waals surface area contributed by atoms with E-state index in [9.17, 15) is 0 Å². The van der Waals surface area contributed by atoms with Crippen molar-refractivity contribution in [1.29, 1.82) is 0 Å². The number of fused-ring (bicyclic) bond motifs is 2. The third kappa shape index (κ3) is 5.67. The second kappa shape index (κ2) is 12.6. The Kier molecular flexibility index (Phi) is 7.74. The van der Waals surface area contributed by atoms with Crippen molar-refractivity contribution < 1.29 is 0 Å². The van der Waals surface area contributed by atoms with E-state index < -0.39 is 0 Å². The lowest BCUT2D eigenvalue weighted by molar-refractivity contribution is 1.29. The maximum atomic E-state index is 3.61. The maximum absolute atomic E-state index is 3.61. The van der Waals surface area contributed by atoms with Gasteiger partial charge in [0.15, 0.2) is 0 Å². The summed E-state index contributed by atoms with van der Waals surface area (Å²) in [6.45, 7) is 0. The van der Waals surface area contributed by atoms with Crippen molar-refractivity contribution in [3.05, 3.63) is 193 Å². The lowest BCUT2D eigenvalue weighted by atomic mass is 10.0. The molecule has 0 N–H and O–H groups in total. The Hall–Kier alpha value is -5.64. The van der Waals surface area contributed by atoms with Crippen LogP contribution in [-0.4, -0.2) is 0 Å². The number of hydrogen-bond donors (Lipinski definition) is 0. The van der Waals surface area contributed by atoms with Gasteiger partial charge in [0.25, 0.3) is 0 Å². The molecule has 47 heavy (non-hydrogen) atoms. The molecule has 0 saturated carbocycles. The highest BCUT2D eigenvalue weighted by Gasteiger charge is 2.17. The minimum Gasteiger partial charge on any atom is -0.310 e. The summed E-state index contributed by atoms with van der Waals surface area (Å²) < 4.78 is 1.06. The molecule has 0 spiro atoms. The highest BCUT2D eigenvalue weighted by Crippen LogP contribution is 2.41. The molecule has 8 aromatic rings. The van der Waals surface area contributed by atoms with Gasteiger partial charge in [0.05, 0.1) is 11.4 Å². The summed E-state index contributed by atoms with van der Waals surface area (Å²) in [4.78, 5) is 4.68. The van der Waals surface area contributed by atoms with E-state index in [4.69, 9.17) is 0 Å². The molecule has 0 unspecified atom stereocenters. The van der Waals surface area contributed by atoms with Crippen molar-refractivity contribution in [3.63, 3.8) is 0 Å². The Morgan fingerprint density at radius 3 is 1.13 bits per heavy atom. The molecular weight excluding hydrogens is 636 g/mol. The average Bonchev–Trinajstić information content (AvgIpc) is 3.14. The molecule has 0 aromatic heterocycles. The maximum Gasteiger partial charge on any atom is 0.0540 e. The van der Waals surface area contributed by atoms with E-state index in [0.29, 0.717) is 0 Å². The van der Waals surface area contributed by atoms with Crippen LogP contribution in [0, 0.1) is 0 Å². The van der Waals surface area contributed by atoms with Gasteiger partial charge in [-0.15, -0.1) is 0 Å². The second-order valence-corrected chi connectivity index (χ2v) is 12.5. The number of anilines is 6. The fourth-order valence-electron chi connectivity index (χ4n) is 6.43. The zero-order valence-electron chi connectivity index (χ0n) is 25.7. The van der Waals surface area contributed by atoms with Gasteiger partial charge >= 0.3 is 0 Å². The Bertz CT molecular complexity index is 2280. The molecule has 0 aliphatic heterocycles. The summed E-state index contributed by atoms with van der Waals surface area (Å²) in [5.41, 5.74) is 9.11. The van der Waals surface area contributed by atoms with Gasteiger partial charge in [-0.25, -0.2) is 0 Å². The van der Waals surface area contributed by atoms with Gasteiger partial charge in [-0.2, -0.15) is 0 Å². The molecule has 224 valence electrons. The van der Waals surface area contributed by atoms with Crippen molar-refractivity contribution in [2.45, 2.75) is 0 Å². The molecular formula is C44H31BrN2. The normalized spacial score (nSPS) is 11.1. The van der Waals surface area contributed by atoms with Crippen LogP contribution < -0.4 is 9.80 Å². The lowest BCUT2D eigenvalue weighted by Crippen LogP contribution is -2.10. The summed E-state index contributed by atoms with van der Waals surface area (Å²) in [6.07, 6.45) is 0. The SMILES string of the molecule is Brc1ccc(N(c2ccc(-c3ccc(N(c4ccccc4)c4cccc5ccccc45)cc3)cc2)c2cccc3ccccc23)cc1. The fourth-order valence-corrected chi connectivity index (χ4v) is 6.70. The number of halogens is 1. The highest BCUT2D eigenvalue weighted by molar-refractivity contribution is 9.10. The molecule has 8 aromatic carbocycles. The summed E-state index contributed by atoms with van der Waals surface area (Å²) in [5.74, 6) is 0. The predicted octanol–water partition coefficient (Wildman–Crippen LogP) is 13.4. The fraction of sp³-hybridized carbons (Fsp3) is 0. The van der Waals surface area contributed by atoms with E-state index in [2.05, 4.69) is 214 Å². The first-order chi connectivity index (χ1) is 23.2. The van der Waals surface area contributed by atoms with Crippen LogP contribution >= 0.6 is 15.9 Å². The Labute approximate surface area is 283 Å². The molecule has 0 amide bonds. The van der Waals surface area contributed by atoms with Crippen LogP contribution in [0.5, 0.6) is 0 Å². The summed E-state index contributed by atoms with van der Waals surface area (Å²) in [7, 11) is 0. The second-order valence-electron chi connectivity index (χ2n) is 11.6. The molecule has 3 heteroatoms. The minimum atomic E-state index is 1.06. The van der Waals surface area contributed by atoms with E-state index in [1.54, 1.807) is 0 Å². The third-order valence-electron chi connectivity index (χ3n) is 8.70. The molecule has 0 heterocycles. The number of nitrogens with zero attached hydrogens (tertiary/aromatic N) is 2. The molecule has 0 radical (unpaired) electrons. The van der Waals surface area contributed by atoms with E-state index in [0.717, 1.165) is 38.6 Å². The van der Waals surface area contributed by atoms with Gasteiger partial charge in [0.1, 0.15) is 0 Å². The standard InChI is InChI=1S/C44H31BrN2/c45-36-24-30-40(31-25-36)47(44-19-9-13-35-11-5-7-17-42(35)44)39-28-22-33(23-29-39)32-20-26-38(27-21-32)46(37-14-2-1-3-15-37)43-18-8-12-34-10-4-6-16-41(34)43/h1-31H. The Morgan fingerprint density at radius 2 is 0.660 bits per heavy atom. The number of para-hydroxylation sites is 1. The molecule has 0 atom stereocenters. The van der Waals surface area contributed by atoms with Crippen LogP contribution in [0.3, 0.4) is 0 Å². The minimum absolute atomic E-state index is 1.06. The van der Waals surface area contributed by atoms with Crippen LogP contribution in [0.2, 0.25) is 0 Å². The number of rotatable bonds is 7.